The van der Waals surface area contributed by atoms with E-state index in [4.69, 9.17) is 17.0 Å². The van der Waals surface area contributed by atoms with Crippen LogP contribution in [0.4, 0.5) is 11.4 Å². The first kappa shape index (κ1) is 23.0. The van der Waals surface area contributed by atoms with E-state index >= 15 is 0 Å². The van der Waals surface area contributed by atoms with Gasteiger partial charge in [-0.05, 0) is 60.7 Å². The number of nitrogens with zero attached hydrogens (tertiary/aromatic N) is 2. The van der Waals surface area contributed by atoms with Crippen molar-refractivity contribution in [3.8, 4) is 5.75 Å². The summed E-state index contributed by atoms with van der Waals surface area (Å²) < 4.78 is 6.38. The smallest absolute Gasteiger partial charge is 0.264 e. The molecule has 2 N–H and O–H groups in total. The Balaban J connectivity index is 1.43. The fourth-order valence-electron chi connectivity index (χ4n) is 3.20. The minimum Gasteiger partial charge on any atom is -0.484 e. The van der Waals surface area contributed by atoms with Crippen LogP contribution in [0, 0.1) is 0 Å². The van der Waals surface area contributed by atoms with Crippen molar-refractivity contribution in [2.45, 2.75) is 13.3 Å². The molecule has 1 aliphatic heterocycles. The highest BCUT2D eigenvalue weighted by atomic mass is 79.9. The maximum absolute atomic E-state index is 12.0. The zero-order valence-electron chi connectivity index (χ0n) is 17.3. The van der Waals surface area contributed by atoms with E-state index in [1.165, 1.54) is 0 Å². The number of anilines is 2. The molecule has 0 bridgehead atoms. The van der Waals surface area contributed by atoms with Gasteiger partial charge in [-0.15, -0.1) is 0 Å². The van der Waals surface area contributed by atoms with E-state index in [0.717, 1.165) is 42.0 Å². The second-order valence-electron chi connectivity index (χ2n) is 7.01. The normalized spacial score (nSPS) is 13.5. The molecule has 2 aromatic rings. The zero-order valence-corrected chi connectivity index (χ0v) is 19.7. The zero-order chi connectivity index (χ0) is 22.2. The highest BCUT2D eigenvalue weighted by Gasteiger charge is 2.20. The van der Waals surface area contributed by atoms with Gasteiger partial charge in [-0.25, -0.2) is 0 Å². The third kappa shape index (κ3) is 6.93. The molecule has 31 heavy (non-hydrogen) atoms. The lowest BCUT2D eigenvalue weighted by atomic mass is 10.2. The Morgan fingerprint density at radius 2 is 1.68 bits per heavy atom. The lowest BCUT2D eigenvalue weighted by Gasteiger charge is -2.36. The molecule has 0 atom stereocenters. The molecule has 2 aromatic carbocycles. The average molecular weight is 505 g/mol. The first-order valence-corrected chi connectivity index (χ1v) is 11.3. The summed E-state index contributed by atoms with van der Waals surface area (Å²) in [5, 5.41) is 5.82. The summed E-state index contributed by atoms with van der Waals surface area (Å²) in [5.74, 6) is 0.473. The number of thiocarbonyl (C=S) groups is 1. The third-order valence-corrected chi connectivity index (χ3v) is 5.59. The number of benzene rings is 2. The fraction of sp³-hybridized carbons (Fsp3) is 0.318. The van der Waals surface area contributed by atoms with Crippen LogP contribution in [0.3, 0.4) is 0 Å². The minimum atomic E-state index is -0.337. The van der Waals surface area contributed by atoms with Crippen molar-refractivity contribution < 1.29 is 14.3 Å². The molecule has 9 heteroatoms. The Kier molecular flexibility index (Phi) is 8.25. The van der Waals surface area contributed by atoms with Crippen LogP contribution in [-0.4, -0.2) is 54.6 Å². The first-order chi connectivity index (χ1) is 14.9. The van der Waals surface area contributed by atoms with E-state index in [1.807, 2.05) is 48.2 Å². The number of ether oxygens (including phenoxy) is 1. The summed E-state index contributed by atoms with van der Waals surface area (Å²) in [6, 6.07) is 15.1. The van der Waals surface area contributed by atoms with E-state index in [1.54, 1.807) is 12.1 Å². The van der Waals surface area contributed by atoms with Crippen molar-refractivity contribution >= 4 is 56.4 Å². The molecule has 164 valence electrons. The van der Waals surface area contributed by atoms with Gasteiger partial charge in [-0.1, -0.05) is 22.9 Å². The number of carbonyl (C=O) groups excluding carboxylic acids is 2. The average Bonchev–Trinajstić information content (AvgIpc) is 2.78. The van der Waals surface area contributed by atoms with E-state index in [2.05, 4.69) is 31.5 Å². The van der Waals surface area contributed by atoms with Crippen LogP contribution in [0.1, 0.15) is 13.3 Å². The molecular formula is C22H25BrN4O3S. The lowest BCUT2D eigenvalue weighted by Crippen LogP contribution is -2.48. The predicted molar refractivity (Wildman–Crippen MR) is 130 cm³/mol. The topological polar surface area (TPSA) is 73.9 Å². The Morgan fingerprint density at radius 1 is 1.03 bits per heavy atom. The summed E-state index contributed by atoms with van der Waals surface area (Å²) in [6.07, 6.45) is 0.549. The molecule has 3 rings (SSSR count). The van der Waals surface area contributed by atoms with Gasteiger partial charge >= 0.3 is 0 Å². The van der Waals surface area contributed by atoms with E-state index < -0.39 is 0 Å². The maximum atomic E-state index is 12.0. The molecule has 1 heterocycles. The van der Waals surface area contributed by atoms with E-state index in [-0.39, 0.29) is 23.5 Å². The van der Waals surface area contributed by atoms with Crippen LogP contribution in [-0.2, 0) is 9.59 Å². The number of piperazine rings is 1. The van der Waals surface area contributed by atoms with Gasteiger partial charge in [-0.3, -0.25) is 14.9 Å². The summed E-state index contributed by atoms with van der Waals surface area (Å²) >= 11 is 8.56. The number of carbonyl (C=O) groups is 2. The molecule has 1 fully saturated rings. The van der Waals surface area contributed by atoms with Crippen LogP contribution in [0.15, 0.2) is 53.0 Å². The van der Waals surface area contributed by atoms with Crippen molar-refractivity contribution in [1.82, 2.24) is 10.2 Å². The van der Waals surface area contributed by atoms with Crippen LogP contribution in [0.25, 0.3) is 0 Å². The van der Waals surface area contributed by atoms with E-state index in [0.29, 0.717) is 12.2 Å². The quantitative estimate of drug-likeness (QED) is 0.587. The van der Waals surface area contributed by atoms with Crippen molar-refractivity contribution in [3.63, 3.8) is 0 Å². The summed E-state index contributed by atoms with van der Waals surface area (Å²) in [6.45, 7) is 4.87. The molecule has 0 aromatic heterocycles. The highest BCUT2D eigenvalue weighted by molar-refractivity contribution is 9.10. The van der Waals surface area contributed by atoms with Gasteiger partial charge in [-0.2, -0.15) is 0 Å². The number of hydrogen-bond acceptors (Lipinski definition) is 5. The molecule has 0 aliphatic carbocycles. The van der Waals surface area contributed by atoms with Gasteiger partial charge < -0.3 is 19.9 Å². The Bertz CT molecular complexity index is 913. The van der Waals surface area contributed by atoms with Gasteiger partial charge in [0.2, 0.25) is 5.91 Å². The molecule has 1 saturated heterocycles. The number of halogens is 1. The molecule has 0 saturated carbocycles. The van der Waals surface area contributed by atoms with Crippen LogP contribution in [0.2, 0.25) is 0 Å². The Labute approximate surface area is 195 Å². The number of hydrogen-bond donors (Lipinski definition) is 2. The van der Waals surface area contributed by atoms with Gasteiger partial charge in [0, 0.05) is 48.4 Å². The number of nitrogens with one attached hydrogen (secondary N) is 2. The second-order valence-corrected chi connectivity index (χ2v) is 8.34. The highest BCUT2D eigenvalue weighted by Crippen LogP contribution is 2.20. The fourth-order valence-corrected chi connectivity index (χ4v) is 3.69. The predicted octanol–water partition coefficient (Wildman–Crippen LogP) is 3.40. The summed E-state index contributed by atoms with van der Waals surface area (Å²) in [4.78, 5) is 28.0. The molecule has 2 amide bonds. The van der Waals surface area contributed by atoms with Crippen molar-refractivity contribution in [2.75, 3.05) is 43.0 Å². The van der Waals surface area contributed by atoms with Crippen LogP contribution >= 0.6 is 28.1 Å². The lowest BCUT2D eigenvalue weighted by molar-refractivity contribution is -0.131. The van der Waals surface area contributed by atoms with Crippen molar-refractivity contribution in [2.24, 2.45) is 0 Å². The SMILES string of the molecule is CCC(=O)N1CCN(c2ccc(NC(=S)NC(=O)COc3ccc(Br)cc3)cc2)CC1. The van der Waals surface area contributed by atoms with Gasteiger partial charge in [0.25, 0.3) is 5.91 Å². The second kappa shape index (κ2) is 11.1. The molecule has 0 spiro atoms. The van der Waals surface area contributed by atoms with Crippen LogP contribution in [0.5, 0.6) is 5.75 Å². The summed E-state index contributed by atoms with van der Waals surface area (Å²) in [5.41, 5.74) is 1.87. The Morgan fingerprint density at radius 3 is 2.29 bits per heavy atom. The minimum absolute atomic E-state index is 0.130. The van der Waals surface area contributed by atoms with Crippen molar-refractivity contribution in [1.29, 1.82) is 0 Å². The van der Waals surface area contributed by atoms with Crippen LogP contribution < -0.4 is 20.3 Å². The molecular weight excluding hydrogens is 480 g/mol. The van der Waals surface area contributed by atoms with Gasteiger partial charge in [0.1, 0.15) is 5.75 Å². The molecule has 1 aliphatic rings. The number of rotatable bonds is 6. The van der Waals surface area contributed by atoms with Gasteiger partial charge in [0.15, 0.2) is 11.7 Å². The monoisotopic (exact) mass is 504 g/mol. The molecule has 7 nitrogen and oxygen atoms in total. The largest absolute Gasteiger partial charge is 0.484 e. The Hall–Kier alpha value is -2.65. The standard InChI is InChI=1S/C22H25BrN4O3S/c1-2-21(29)27-13-11-26(12-14-27)18-7-5-17(6-8-18)24-22(31)25-20(28)15-30-19-9-3-16(23)4-10-19/h3-10H,2,11-15H2,1H3,(H2,24,25,28,31). The van der Waals surface area contributed by atoms with Crippen molar-refractivity contribution in [3.05, 3.63) is 53.0 Å². The molecule has 0 radical (unpaired) electrons. The molecule has 0 unspecified atom stereocenters. The maximum Gasteiger partial charge on any atom is 0.264 e. The number of amides is 2. The van der Waals surface area contributed by atoms with Gasteiger partial charge in [0.05, 0.1) is 0 Å². The third-order valence-electron chi connectivity index (χ3n) is 4.86. The first-order valence-electron chi connectivity index (χ1n) is 10.1. The summed E-state index contributed by atoms with van der Waals surface area (Å²) in [7, 11) is 0. The van der Waals surface area contributed by atoms with E-state index in [9.17, 15) is 9.59 Å².